The van der Waals surface area contributed by atoms with E-state index in [0.29, 0.717) is 21.6 Å². The van der Waals surface area contributed by atoms with Gasteiger partial charge in [-0.2, -0.15) is 0 Å². The van der Waals surface area contributed by atoms with Gasteiger partial charge in [0.1, 0.15) is 4.83 Å². The molecule has 1 N–H and O–H groups in total. The second kappa shape index (κ2) is 8.73. The molecule has 0 saturated carbocycles. The van der Waals surface area contributed by atoms with E-state index in [-0.39, 0.29) is 23.9 Å². The average molecular weight is 434 g/mol. The van der Waals surface area contributed by atoms with Crippen LogP contribution in [-0.2, 0) is 13.6 Å². The Morgan fingerprint density at radius 2 is 1.68 bits per heavy atom. The molecule has 6 nitrogen and oxygen atoms in total. The zero-order valence-electron chi connectivity index (χ0n) is 17.4. The lowest BCUT2D eigenvalue weighted by atomic mass is 10.0. The van der Waals surface area contributed by atoms with Crippen molar-refractivity contribution < 1.29 is 4.79 Å². The van der Waals surface area contributed by atoms with Crippen LogP contribution >= 0.6 is 11.3 Å². The largest absolute Gasteiger partial charge is 0.351 e. The highest BCUT2D eigenvalue weighted by Crippen LogP contribution is 2.22. The van der Waals surface area contributed by atoms with Crippen LogP contribution in [0.15, 0.2) is 76.3 Å². The van der Waals surface area contributed by atoms with Crippen LogP contribution in [0.2, 0.25) is 0 Å². The summed E-state index contributed by atoms with van der Waals surface area (Å²) < 4.78 is 2.65. The molecule has 2 aromatic carbocycles. The van der Waals surface area contributed by atoms with E-state index in [2.05, 4.69) is 5.32 Å². The fraction of sp³-hybridized carbons (Fsp3) is 0.208. The maximum atomic E-state index is 13.0. The minimum Gasteiger partial charge on any atom is -0.351 e. The summed E-state index contributed by atoms with van der Waals surface area (Å²) in [6, 6.07) is 20.9. The van der Waals surface area contributed by atoms with Crippen molar-refractivity contribution in [2.75, 3.05) is 6.54 Å². The summed E-state index contributed by atoms with van der Waals surface area (Å²) in [7, 11) is 1.63. The summed E-state index contributed by atoms with van der Waals surface area (Å²) in [4.78, 5) is 39.5. The Labute approximate surface area is 183 Å². The minimum atomic E-state index is -0.395. The van der Waals surface area contributed by atoms with Crippen LogP contribution in [0.5, 0.6) is 0 Å². The van der Waals surface area contributed by atoms with Gasteiger partial charge in [0, 0.05) is 13.6 Å². The molecular formula is C24H23N3O3S. The number of carbonyl (C=O) groups excluding carboxylic acids is 1. The summed E-state index contributed by atoms with van der Waals surface area (Å²) >= 11 is 1.16. The third kappa shape index (κ3) is 4.22. The third-order valence-corrected chi connectivity index (χ3v) is 6.57. The maximum absolute atomic E-state index is 13.0. The van der Waals surface area contributed by atoms with Gasteiger partial charge in [-0.1, -0.05) is 67.6 Å². The van der Waals surface area contributed by atoms with Gasteiger partial charge in [0.25, 0.3) is 11.5 Å². The smallest absolute Gasteiger partial charge is 0.332 e. The molecule has 31 heavy (non-hydrogen) atoms. The Morgan fingerprint density at radius 1 is 1.03 bits per heavy atom. The molecule has 0 saturated heterocycles. The van der Waals surface area contributed by atoms with E-state index in [4.69, 9.17) is 0 Å². The second-order valence-corrected chi connectivity index (χ2v) is 8.60. The van der Waals surface area contributed by atoms with Gasteiger partial charge in [-0.25, -0.2) is 4.79 Å². The van der Waals surface area contributed by atoms with Gasteiger partial charge in [-0.15, -0.1) is 11.3 Å². The fourth-order valence-electron chi connectivity index (χ4n) is 3.53. The summed E-state index contributed by atoms with van der Waals surface area (Å²) in [6.07, 6.45) is 0. The van der Waals surface area contributed by atoms with E-state index in [1.807, 2.05) is 67.6 Å². The molecule has 0 aliphatic rings. The zero-order chi connectivity index (χ0) is 22.0. The number of benzene rings is 2. The molecule has 0 spiro atoms. The van der Waals surface area contributed by atoms with Crippen molar-refractivity contribution in [2.45, 2.75) is 19.4 Å². The molecule has 0 fully saturated rings. The topological polar surface area (TPSA) is 73.1 Å². The van der Waals surface area contributed by atoms with Crippen LogP contribution in [0, 0.1) is 0 Å². The molecule has 0 radical (unpaired) electrons. The highest BCUT2D eigenvalue weighted by Gasteiger charge is 2.18. The molecule has 1 amide bonds. The predicted octanol–water partition coefficient (Wildman–Crippen LogP) is 3.34. The minimum absolute atomic E-state index is 0.159. The van der Waals surface area contributed by atoms with E-state index >= 15 is 0 Å². The Bertz CT molecular complexity index is 1340. The quantitative estimate of drug-likeness (QED) is 0.507. The number of fused-ring (bicyclic) bond motifs is 1. The number of rotatable bonds is 6. The monoisotopic (exact) mass is 433 g/mol. The van der Waals surface area contributed by atoms with E-state index in [1.165, 1.54) is 9.13 Å². The van der Waals surface area contributed by atoms with Crippen LogP contribution in [0.3, 0.4) is 0 Å². The van der Waals surface area contributed by atoms with Crippen molar-refractivity contribution in [1.82, 2.24) is 14.5 Å². The van der Waals surface area contributed by atoms with Crippen molar-refractivity contribution in [3.8, 4) is 0 Å². The first-order valence-electron chi connectivity index (χ1n) is 10.1. The number of aromatic nitrogens is 2. The first-order valence-corrected chi connectivity index (χ1v) is 10.9. The van der Waals surface area contributed by atoms with Gasteiger partial charge in [0.2, 0.25) is 0 Å². The van der Waals surface area contributed by atoms with Gasteiger partial charge in [-0.3, -0.25) is 18.7 Å². The number of thiophene rings is 1. The van der Waals surface area contributed by atoms with Gasteiger partial charge in [0.05, 0.1) is 16.8 Å². The molecular weight excluding hydrogens is 410 g/mol. The second-order valence-electron chi connectivity index (χ2n) is 7.57. The van der Waals surface area contributed by atoms with Crippen LogP contribution in [0.1, 0.15) is 33.6 Å². The number of hydrogen-bond donors (Lipinski definition) is 1. The Hall–Kier alpha value is -3.45. The first-order chi connectivity index (χ1) is 15.0. The Balaban J connectivity index is 1.61. The number of nitrogens with one attached hydrogen (secondary N) is 1. The molecule has 7 heteroatoms. The molecule has 1 unspecified atom stereocenters. The summed E-state index contributed by atoms with van der Waals surface area (Å²) in [5.74, 6) is -0.0857. The lowest BCUT2D eigenvalue weighted by Gasteiger charge is -2.12. The van der Waals surface area contributed by atoms with Crippen molar-refractivity contribution in [1.29, 1.82) is 0 Å². The van der Waals surface area contributed by atoms with Gasteiger partial charge >= 0.3 is 5.69 Å². The van der Waals surface area contributed by atoms with E-state index in [9.17, 15) is 14.4 Å². The van der Waals surface area contributed by atoms with Crippen molar-refractivity contribution in [3.63, 3.8) is 0 Å². The zero-order valence-corrected chi connectivity index (χ0v) is 18.2. The van der Waals surface area contributed by atoms with Crippen molar-refractivity contribution in [3.05, 3.63) is 104 Å². The van der Waals surface area contributed by atoms with Gasteiger partial charge < -0.3 is 5.32 Å². The van der Waals surface area contributed by atoms with E-state index in [0.717, 1.165) is 22.5 Å². The highest BCUT2D eigenvalue weighted by molar-refractivity contribution is 7.20. The van der Waals surface area contributed by atoms with Crippen molar-refractivity contribution >= 4 is 27.5 Å². The van der Waals surface area contributed by atoms with Crippen LogP contribution in [-0.4, -0.2) is 21.6 Å². The number of amides is 1. The molecule has 4 rings (SSSR count). The molecule has 4 aromatic rings. The Morgan fingerprint density at radius 3 is 2.35 bits per heavy atom. The van der Waals surface area contributed by atoms with E-state index in [1.54, 1.807) is 13.1 Å². The molecule has 0 bridgehead atoms. The van der Waals surface area contributed by atoms with Gasteiger partial charge in [0.15, 0.2) is 0 Å². The molecule has 158 valence electrons. The summed E-state index contributed by atoms with van der Waals surface area (Å²) in [5.41, 5.74) is 1.23. The van der Waals surface area contributed by atoms with Gasteiger partial charge in [-0.05, 0) is 23.1 Å². The predicted molar refractivity (Wildman–Crippen MR) is 124 cm³/mol. The number of carbonyl (C=O) groups is 1. The number of aryl methyl sites for hydroxylation is 1. The molecule has 0 aliphatic heterocycles. The first kappa shape index (κ1) is 20.8. The molecule has 0 aliphatic carbocycles. The van der Waals surface area contributed by atoms with Crippen LogP contribution in [0.4, 0.5) is 0 Å². The Kier molecular flexibility index (Phi) is 5.86. The number of hydrogen-bond acceptors (Lipinski definition) is 4. The van der Waals surface area contributed by atoms with E-state index < -0.39 is 5.69 Å². The summed E-state index contributed by atoms with van der Waals surface area (Å²) in [6.45, 7) is 2.72. The van der Waals surface area contributed by atoms with Crippen molar-refractivity contribution in [2.24, 2.45) is 7.05 Å². The molecule has 2 heterocycles. The fourth-order valence-corrected chi connectivity index (χ4v) is 4.55. The van der Waals surface area contributed by atoms with Crippen LogP contribution in [0.25, 0.3) is 10.2 Å². The van der Waals surface area contributed by atoms with Crippen LogP contribution < -0.4 is 16.6 Å². The third-order valence-electron chi connectivity index (χ3n) is 5.36. The highest BCUT2D eigenvalue weighted by atomic mass is 32.1. The number of nitrogens with zero attached hydrogens (tertiary/aromatic N) is 2. The molecule has 1 atom stereocenters. The standard InChI is InChI=1S/C24H23N3O3S/c1-16(18-11-7-4-8-12-18)14-25-21(28)20-13-19-22(29)27(15-17-9-5-3-6-10-17)24(30)26(2)23(19)31-20/h3-13,16H,14-15H2,1-2H3,(H,25,28). The maximum Gasteiger partial charge on any atom is 0.332 e. The lowest BCUT2D eigenvalue weighted by molar-refractivity contribution is 0.0956. The average Bonchev–Trinajstić information content (AvgIpc) is 3.26. The normalized spacial score (nSPS) is 12.1. The lowest BCUT2D eigenvalue weighted by Crippen LogP contribution is -2.38. The molecule has 2 aromatic heterocycles. The summed E-state index contributed by atoms with van der Waals surface area (Å²) in [5, 5.41) is 3.32. The SMILES string of the molecule is CC(CNC(=O)c1cc2c(=O)n(Cc3ccccc3)c(=O)n(C)c2s1)c1ccccc1.